The van der Waals surface area contributed by atoms with Gasteiger partial charge in [0.1, 0.15) is 5.56 Å². The van der Waals surface area contributed by atoms with Crippen LogP contribution in [0, 0.1) is 0 Å². The molecule has 0 aliphatic heterocycles. The molecule has 0 radical (unpaired) electrons. The Labute approximate surface area is 111 Å². The number of rotatable bonds is 6. The molecule has 6 heteroatoms. The van der Waals surface area contributed by atoms with Gasteiger partial charge in [-0.25, -0.2) is 0 Å². The minimum atomic E-state index is -0.895. The number of carbonyl (C=O) groups excluding carboxylic acids is 1. The van der Waals surface area contributed by atoms with E-state index in [4.69, 9.17) is 5.11 Å². The Bertz CT molecular complexity index is 507. The van der Waals surface area contributed by atoms with Gasteiger partial charge in [-0.1, -0.05) is 0 Å². The molecule has 0 spiro atoms. The highest BCUT2D eigenvalue weighted by Gasteiger charge is 2.20. The Morgan fingerprint density at radius 2 is 2.11 bits per heavy atom. The second kappa shape index (κ2) is 6.72. The molecule has 19 heavy (non-hydrogen) atoms. The number of H-pyrrole nitrogens is 1. The molecule has 104 valence electrons. The number of nitrogens with one attached hydrogen (secondary N) is 1. The molecular weight excluding hydrogens is 248 g/mol. The molecule has 1 amide bonds. The van der Waals surface area contributed by atoms with Crippen molar-refractivity contribution < 1.29 is 14.7 Å². The highest BCUT2D eigenvalue weighted by Crippen LogP contribution is 2.07. The number of amides is 1. The molecule has 0 aliphatic carbocycles. The summed E-state index contributed by atoms with van der Waals surface area (Å²) in [4.78, 5) is 38.6. The maximum absolute atomic E-state index is 12.2. The minimum absolute atomic E-state index is 0.00163. The highest BCUT2D eigenvalue weighted by molar-refractivity contribution is 5.94. The summed E-state index contributed by atoms with van der Waals surface area (Å²) >= 11 is 0. The molecule has 1 rings (SSSR count). The van der Waals surface area contributed by atoms with Crippen molar-refractivity contribution in [2.75, 3.05) is 6.54 Å². The van der Waals surface area contributed by atoms with Crippen molar-refractivity contribution in [3.63, 3.8) is 0 Å². The van der Waals surface area contributed by atoms with Gasteiger partial charge >= 0.3 is 5.97 Å². The van der Waals surface area contributed by atoms with Gasteiger partial charge in [-0.05, 0) is 20.3 Å². The van der Waals surface area contributed by atoms with Gasteiger partial charge in [0.05, 0.1) is 0 Å². The second-order valence-electron chi connectivity index (χ2n) is 4.51. The number of nitrogens with zero attached hydrogens (tertiary/aromatic N) is 1. The quantitative estimate of drug-likeness (QED) is 0.806. The third-order valence-electron chi connectivity index (χ3n) is 2.73. The van der Waals surface area contributed by atoms with Crippen molar-refractivity contribution in [1.82, 2.24) is 9.88 Å². The zero-order valence-corrected chi connectivity index (χ0v) is 11.0. The number of aromatic amines is 1. The smallest absolute Gasteiger partial charge is 0.303 e. The van der Waals surface area contributed by atoms with Gasteiger partial charge in [0.2, 0.25) is 0 Å². The van der Waals surface area contributed by atoms with Gasteiger partial charge in [0.15, 0.2) is 5.43 Å². The van der Waals surface area contributed by atoms with Crippen molar-refractivity contribution in [2.24, 2.45) is 0 Å². The van der Waals surface area contributed by atoms with Gasteiger partial charge in [-0.3, -0.25) is 14.4 Å². The minimum Gasteiger partial charge on any atom is -0.481 e. The van der Waals surface area contributed by atoms with E-state index in [9.17, 15) is 14.4 Å². The number of aromatic nitrogens is 1. The van der Waals surface area contributed by atoms with Crippen LogP contribution in [0.5, 0.6) is 0 Å². The van der Waals surface area contributed by atoms with Crippen LogP contribution < -0.4 is 5.43 Å². The zero-order valence-electron chi connectivity index (χ0n) is 11.0. The van der Waals surface area contributed by atoms with E-state index in [0.717, 1.165) is 0 Å². The second-order valence-corrected chi connectivity index (χ2v) is 4.51. The third-order valence-corrected chi connectivity index (χ3v) is 2.73. The first-order valence-electron chi connectivity index (χ1n) is 6.13. The van der Waals surface area contributed by atoms with E-state index in [-0.39, 0.29) is 29.4 Å². The average molecular weight is 266 g/mol. The molecule has 0 aromatic carbocycles. The summed E-state index contributed by atoms with van der Waals surface area (Å²) in [6.45, 7) is 3.97. The highest BCUT2D eigenvalue weighted by atomic mass is 16.4. The standard InChI is InChI=1S/C13H18N2O4/c1-9(2)15(7-3-4-12(17)18)13(19)10-8-14-6-5-11(10)16/h5-6,8-9H,3-4,7H2,1-2H3,(H,14,16)(H,17,18). The van der Waals surface area contributed by atoms with E-state index in [0.29, 0.717) is 13.0 Å². The summed E-state index contributed by atoms with van der Waals surface area (Å²) < 4.78 is 0. The van der Waals surface area contributed by atoms with Gasteiger partial charge in [0, 0.05) is 37.5 Å². The van der Waals surface area contributed by atoms with Crippen LogP contribution in [0.1, 0.15) is 37.0 Å². The summed E-state index contributed by atoms with van der Waals surface area (Å²) in [6, 6.07) is 1.20. The maximum Gasteiger partial charge on any atom is 0.303 e. The van der Waals surface area contributed by atoms with Crippen molar-refractivity contribution in [1.29, 1.82) is 0 Å². The Morgan fingerprint density at radius 1 is 1.42 bits per heavy atom. The molecule has 1 aromatic heterocycles. The lowest BCUT2D eigenvalue weighted by atomic mass is 10.2. The van der Waals surface area contributed by atoms with Gasteiger partial charge in [-0.15, -0.1) is 0 Å². The van der Waals surface area contributed by atoms with Crippen molar-refractivity contribution in [2.45, 2.75) is 32.7 Å². The molecule has 0 bridgehead atoms. The number of aliphatic carboxylic acids is 1. The monoisotopic (exact) mass is 266 g/mol. The number of carbonyl (C=O) groups is 2. The number of hydrogen-bond acceptors (Lipinski definition) is 3. The van der Waals surface area contributed by atoms with Crippen LogP contribution in [0.4, 0.5) is 0 Å². The maximum atomic E-state index is 12.2. The van der Waals surface area contributed by atoms with Crippen LogP contribution in [0.25, 0.3) is 0 Å². The molecule has 1 heterocycles. The van der Waals surface area contributed by atoms with Gasteiger partial charge in [-0.2, -0.15) is 0 Å². The molecule has 0 aliphatic rings. The molecule has 0 saturated heterocycles. The summed E-state index contributed by atoms with van der Waals surface area (Å²) in [6.07, 6.45) is 3.20. The van der Waals surface area contributed by atoms with Crippen LogP contribution in [-0.4, -0.2) is 39.5 Å². The van der Waals surface area contributed by atoms with Crippen LogP contribution in [0.3, 0.4) is 0 Å². The average Bonchev–Trinajstić information content (AvgIpc) is 2.33. The fourth-order valence-corrected chi connectivity index (χ4v) is 1.73. The van der Waals surface area contributed by atoms with E-state index < -0.39 is 5.97 Å². The number of carboxylic acid groups (broad SMARTS) is 1. The molecule has 0 atom stereocenters. The Morgan fingerprint density at radius 3 is 2.63 bits per heavy atom. The van der Waals surface area contributed by atoms with E-state index in [1.165, 1.54) is 23.4 Å². The number of pyridine rings is 1. The van der Waals surface area contributed by atoms with Crippen molar-refractivity contribution in [3.8, 4) is 0 Å². The molecule has 6 nitrogen and oxygen atoms in total. The molecule has 0 fully saturated rings. The first kappa shape index (κ1) is 14.9. The molecule has 0 saturated carbocycles. The normalized spacial score (nSPS) is 10.5. The largest absolute Gasteiger partial charge is 0.481 e. The summed E-state index contributed by atoms with van der Waals surface area (Å²) in [5, 5.41) is 8.61. The van der Waals surface area contributed by atoms with E-state index in [2.05, 4.69) is 4.98 Å². The Hall–Kier alpha value is -2.11. The molecule has 2 N–H and O–H groups in total. The first-order chi connectivity index (χ1) is 8.93. The molecule has 0 unspecified atom stereocenters. The molecular formula is C13H18N2O4. The zero-order chi connectivity index (χ0) is 14.4. The van der Waals surface area contributed by atoms with Crippen LogP contribution >= 0.6 is 0 Å². The predicted octanol–water partition coefficient (Wildman–Crippen LogP) is 1.09. The third kappa shape index (κ3) is 4.24. The Kier molecular flexibility index (Phi) is 5.29. The van der Waals surface area contributed by atoms with Gasteiger partial charge in [0.25, 0.3) is 5.91 Å². The Balaban J connectivity index is 2.82. The number of carboxylic acids is 1. The lowest BCUT2D eigenvalue weighted by Gasteiger charge is -2.26. The van der Waals surface area contributed by atoms with Crippen molar-refractivity contribution >= 4 is 11.9 Å². The van der Waals surface area contributed by atoms with Crippen molar-refractivity contribution in [3.05, 3.63) is 34.2 Å². The first-order valence-corrected chi connectivity index (χ1v) is 6.13. The fourth-order valence-electron chi connectivity index (χ4n) is 1.73. The molecule has 1 aromatic rings. The summed E-state index contributed by atoms with van der Waals surface area (Å²) in [5.74, 6) is -1.27. The topological polar surface area (TPSA) is 90.5 Å². The van der Waals surface area contributed by atoms with Crippen LogP contribution in [-0.2, 0) is 4.79 Å². The van der Waals surface area contributed by atoms with Crippen LogP contribution in [0.2, 0.25) is 0 Å². The predicted molar refractivity (Wildman–Crippen MR) is 70.1 cm³/mol. The lowest BCUT2D eigenvalue weighted by Crippen LogP contribution is -2.40. The summed E-state index contributed by atoms with van der Waals surface area (Å²) in [7, 11) is 0. The lowest BCUT2D eigenvalue weighted by molar-refractivity contribution is -0.137. The SMILES string of the molecule is CC(C)N(CCCC(=O)O)C(=O)c1c[nH]ccc1=O. The number of hydrogen-bond donors (Lipinski definition) is 2. The fraction of sp³-hybridized carbons (Fsp3) is 0.462. The van der Waals surface area contributed by atoms with E-state index in [1.54, 1.807) is 0 Å². The summed E-state index contributed by atoms with van der Waals surface area (Å²) in [5.41, 5.74) is -0.265. The van der Waals surface area contributed by atoms with E-state index in [1.807, 2.05) is 13.8 Å². The van der Waals surface area contributed by atoms with E-state index >= 15 is 0 Å². The van der Waals surface area contributed by atoms with Crippen LogP contribution in [0.15, 0.2) is 23.3 Å². The van der Waals surface area contributed by atoms with Gasteiger partial charge < -0.3 is 15.0 Å².